The first-order chi connectivity index (χ1) is 17.5. The first-order valence-corrected chi connectivity index (χ1v) is 11.7. The number of Topliss-reactive ketones (excluding diaryl/α,β-unsaturated/α-hetero) is 1. The second-order valence-electron chi connectivity index (χ2n) is 8.43. The van der Waals surface area contributed by atoms with Crippen molar-refractivity contribution in [2.24, 2.45) is 0 Å². The van der Waals surface area contributed by atoms with E-state index < -0.39 is 17.7 Å². The van der Waals surface area contributed by atoms with Gasteiger partial charge in [-0.25, -0.2) is 0 Å². The van der Waals surface area contributed by atoms with Crippen molar-refractivity contribution >= 4 is 17.4 Å². The van der Waals surface area contributed by atoms with Crippen molar-refractivity contribution in [1.29, 1.82) is 0 Å². The summed E-state index contributed by atoms with van der Waals surface area (Å²) in [5.41, 5.74) is 1.62. The van der Waals surface area contributed by atoms with E-state index in [4.69, 9.17) is 14.2 Å². The highest BCUT2D eigenvalue weighted by Gasteiger charge is 2.46. The molecule has 0 spiro atoms. The average Bonchev–Trinajstić information content (AvgIpc) is 3.15. The molecule has 1 saturated heterocycles. The van der Waals surface area contributed by atoms with Crippen LogP contribution in [0.3, 0.4) is 0 Å². The number of fused-ring (bicyclic) bond motifs is 1. The number of aromatic hydroxyl groups is 1. The Bertz CT molecular complexity index is 1350. The normalized spacial score (nSPS) is 18.4. The number of carbonyl (C=O) groups is 2. The molecule has 8 nitrogen and oxygen atoms in total. The minimum atomic E-state index is -0.904. The number of nitrogens with zero attached hydrogens (tertiary/aromatic N) is 1. The lowest BCUT2D eigenvalue weighted by Crippen LogP contribution is -2.29. The molecule has 5 rings (SSSR count). The number of aliphatic hydroxyl groups excluding tert-OH is 1. The fourth-order valence-electron chi connectivity index (χ4n) is 4.49. The number of amides is 1. The second-order valence-corrected chi connectivity index (χ2v) is 8.43. The number of phenols is 1. The van der Waals surface area contributed by atoms with Gasteiger partial charge in [-0.1, -0.05) is 36.4 Å². The van der Waals surface area contributed by atoms with Crippen LogP contribution in [0.5, 0.6) is 23.0 Å². The molecule has 36 heavy (non-hydrogen) atoms. The molecule has 0 saturated carbocycles. The van der Waals surface area contributed by atoms with E-state index >= 15 is 0 Å². The van der Waals surface area contributed by atoms with Crippen LogP contribution in [0.25, 0.3) is 5.76 Å². The van der Waals surface area contributed by atoms with Gasteiger partial charge in [-0.15, -0.1) is 0 Å². The molecule has 8 heteroatoms. The number of phenolic OH excluding ortho intramolecular Hbond substituents is 1. The van der Waals surface area contributed by atoms with E-state index in [1.807, 2.05) is 30.3 Å². The van der Waals surface area contributed by atoms with Crippen molar-refractivity contribution in [3.05, 3.63) is 89.0 Å². The molecule has 0 aromatic heterocycles. The lowest BCUT2D eigenvalue weighted by Gasteiger charge is -2.26. The Morgan fingerprint density at radius 3 is 2.50 bits per heavy atom. The van der Waals surface area contributed by atoms with Crippen molar-refractivity contribution in [2.75, 3.05) is 19.8 Å². The summed E-state index contributed by atoms with van der Waals surface area (Å²) in [4.78, 5) is 28.0. The van der Waals surface area contributed by atoms with E-state index in [1.165, 1.54) is 11.0 Å². The quantitative estimate of drug-likeness (QED) is 0.305. The van der Waals surface area contributed by atoms with E-state index in [0.29, 0.717) is 42.4 Å². The van der Waals surface area contributed by atoms with Gasteiger partial charge in [-0.2, -0.15) is 0 Å². The first kappa shape index (κ1) is 23.3. The number of benzene rings is 3. The van der Waals surface area contributed by atoms with Crippen LogP contribution in [0.2, 0.25) is 0 Å². The van der Waals surface area contributed by atoms with Crippen LogP contribution in [-0.2, 0) is 16.1 Å². The van der Waals surface area contributed by atoms with Gasteiger partial charge in [0.25, 0.3) is 11.7 Å². The molecular formula is C28H25NO7. The van der Waals surface area contributed by atoms with Gasteiger partial charge < -0.3 is 29.3 Å². The molecule has 1 fully saturated rings. The first-order valence-electron chi connectivity index (χ1n) is 11.7. The van der Waals surface area contributed by atoms with Gasteiger partial charge in [0.05, 0.1) is 18.2 Å². The number of carbonyl (C=O) groups excluding carboxylic acids is 2. The van der Waals surface area contributed by atoms with Crippen LogP contribution in [0, 0.1) is 0 Å². The second kappa shape index (κ2) is 9.65. The summed E-state index contributed by atoms with van der Waals surface area (Å²) < 4.78 is 16.7. The molecule has 0 bridgehead atoms. The lowest BCUT2D eigenvalue weighted by molar-refractivity contribution is -0.140. The number of ketones is 1. The van der Waals surface area contributed by atoms with Crippen LogP contribution in [0.4, 0.5) is 0 Å². The average molecular weight is 488 g/mol. The Morgan fingerprint density at radius 1 is 1.00 bits per heavy atom. The van der Waals surface area contributed by atoms with Gasteiger partial charge in [-0.3, -0.25) is 9.59 Å². The van der Waals surface area contributed by atoms with Crippen molar-refractivity contribution in [3.63, 3.8) is 0 Å². The summed E-state index contributed by atoms with van der Waals surface area (Å²) in [7, 11) is 0. The van der Waals surface area contributed by atoms with E-state index in [0.717, 1.165) is 5.56 Å². The minimum absolute atomic E-state index is 0.0549. The smallest absolute Gasteiger partial charge is 0.295 e. The fourth-order valence-corrected chi connectivity index (χ4v) is 4.49. The third-order valence-electron chi connectivity index (χ3n) is 6.15. The van der Waals surface area contributed by atoms with Crippen LogP contribution in [0.15, 0.2) is 72.3 Å². The lowest BCUT2D eigenvalue weighted by atomic mass is 9.94. The van der Waals surface area contributed by atoms with Crippen LogP contribution >= 0.6 is 0 Å². The van der Waals surface area contributed by atoms with Gasteiger partial charge >= 0.3 is 0 Å². The zero-order valence-corrected chi connectivity index (χ0v) is 19.6. The molecule has 1 unspecified atom stereocenters. The summed E-state index contributed by atoms with van der Waals surface area (Å²) >= 11 is 0. The summed E-state index contributed by atoms with van der Waals surface area (Å²) in [6.07, 6.45) is 0. The largest absolute Gasteiger partial charge is 0.507 e. The van der Waals surface area contributed by atoms with Gasteiger partial charge in [-0.05, 0) is 48.4 Å². The molecule has 0 radical (unpaired) electrons. The Kier molecular flexibility index (Phi) is 6.25. The van der Waals surface area contributed by atoms with E-state index in [2.05, 4.69) is 0 Å². The van der Waals surface area contributed by atoms with Crippen LogP contribution in [0.1, 0.15) is 29.7 Å². The van der Waals surface area contributed by atoms with Gasteiger partial charge in [0.15, 0.2) is 23.0 Å². The highest BCUT2D eigenvalue weighted by molar-refractivity contribution is 6.46. The van der Waals surface area contributed by atoms with E-state index in [1.54, 1.807) is 37.3 Å². The summed E-state index contributed by atoms with van der Waals surface area (Å²) in [6.45, 7) is 3.05. The Balaban J connectivity index is 1.65. The SMILES string of the molecule is CCOc1cc(C2C(=C(O)c3ccc4c(c3)OCCO4)C(=O)C(=O)N2Cc2ccccc2)ccc1O. The molecular weight excluding hydrogens is 462 g/mol. The fraction of sp³-hybridized carbons (Fsp3) is 0.214. The summed E-state index contributed by atoms with van der Waals surface area (Å²) in [6, 6.07) is 17.9. The Labute approximate surface area is 208 Å². The molecule has 1 atom stereocenters. The predicted molar refractivity (Wildman–Crippen MR) is 131 cm³/mol. The van der Waals surface area contributed by atoms with Crippen LogP contribution < -0.4 is 14.2 Å². The minimum Gasteiger partial charge on any atom is -0.507 e. The maximum atomic E-state index is 13.3. The van der Waals surface area contributed by atoms with Crippen molar-refractivity contribution < 1.29 is 34.0 Å². The Morgan fingerprint density at radius 2 is 1.75 bits per heavy atom. The monoisotopic (exact) mass is 487 g/mol. The van der Waals surface area contributed by atoms with Gasteiger partial charge in [0.1, 0.15) is 19.0 Å². The van der Waals surface area contributed by atoms with E-state index in [9.17, 15) is 19.8 Å². The highest BCUT2D eigenvalue weighted by Crippen LogP contribution is 2.43. The van der Waals surface area contributed by atoms with E-state index in [-0.39, 0.29) is 29.4 Å². The zero-order valence-electron chi connectivity index (χ0n) is 19.6. The predicted octanol–water partition coefficient (Wildman–Crippen LogP) is 4.18. The molecule has 2 heterocycles. The molecule has 2 aliphatic heterocycles. The molecule has 1 amide bonds. The van der Waals surface area contributed by atoms with Gasteiger partial charge in [0, 0.05) is 12.1 Å². The number of hydrogen-bond acceptors (Lipinski definition) is 7. The number of ether oxygens (including phenoxy) is 3. The number of aliphatic hydroxyl groups is 1. The molecule has 2 N–H and O–H groups in total. The summed E-state index contributed by atoms with van der Waals surface area (Å²) in [5, 5.41) is 21.6. The molecule has 2 aliphatic rings. The number of likely N-dealkylation sites (tertiary alicyclic amines) is 1. The molecule has 0 aliphatic carbocycles. The maximum Gasteiger partial charge on any atom is 0.295 e. The maximum absolute atomic E-state index is 13.3. The van der Waals surface area contributed by atoms with Crippen molar-refractivity contribution in [2.45, 2.75) is 19.5 Å². The van der Waals surface area contributed by atoms with Crippen molar-refractivity contribution in [3.8, 4) is 23.0 Å². The van der Waals surface area contributed by atoms with Gasteiger partial charge in [0.2, 0.25) is 0 Å². The highest BCUT2D eigenvalue weighted by atomic mass is 16.6. The third kappa shape index (κ3) is 4.22. The number of rotatable bonds is 6. The zero-order chi connectivity index (χ0) is 25.2. The third-order valence-corrected chi connectivity index (χ3v) is 6.15. The number of hydrogen-bond donors (Lipinski definition) is 2. The molecule has 3 aromatic rings. The van der Waals surface area contributed by atoms with Crippen molar-refractivity contribution in [1.82, 2.24) is 4.90 Å². The standard InChI is InChI=1S/C28H25NO7/c1-2-34-22-14-18(8-10-20(22)30)25-24(26(31)19-9-11-21-23(15-19)36-13-12-35-21)27(32)28(33)29(25)16-17-6-4-3-5-7-17/h3-11,14-15,25,30-31H,2,12-13,16H2,1H3. The molecule has 3 aromatic carbocycles. The Hall–Kier alpha value is -4.46. The molecule has 184 valence electrons. The van der Waals surface area contributed by atoms with Crippen LogP contribution in [-0.4, -0.2) is 46.6 Å². The topological polar surface area (TPSA) is 106 Å². The summed E-state index contributed by atoms with van der Waals surface area (Å²) in [5.74, 6) is -0.699.